The maximum absolute atomic E-state index is 12.6. The highest BCUT2D eigenvalue weighted by Crippen LogP contribution is 2.28. The summed E-state index contributed by atoms with van der Waals surface area (Å²) >= 11 is 0. The minimum absolute atomic E-state index is 0.223. The zero-order valence-electron chi connectivity index (χ0n) is 16.9. The van der Waals surface area contributed by atoms with Crippen LogP contribution in [0, 0.1) is 24.0 Å². The Bertz CT molecular complexity index is 1260. The largest absolute Gasteiger partial charge is 0.490 e. The summed E-state index contributed by atoms with van der Waals surface area (Å²) in [6.07, 6.45) is 1.15. The van der Waals surface area contributed by atoms with Gasteiger partial charge in [-0.3, -0.25) is 4.79 Å². The molecule has 0 aliphatic carbocycles. The van der Waals surface area contributed by atoms with Gasteiger partial charge in [0.05, 0.1) is 11.4 Å². The van der Waals surface area contributed by atoms with Crippen molar-refractivity contribution >= 4 is 17.7 Å². The lowest BCUT2D eigenvalue weighted by atomic mass is 10.0. The summed E-state index contributed by atoms with van der Waals surface area (Å²) in [5.41, 5.74) is 4.64. The van der Waals surface area contributed by atoms with Crippen LogP contribution in [0.3, 0.4) is 0 Å². The summed E-state index contributed by atoms with van der Waals surface area (Å²) in [6.45, 7) is 3.79. The Morgan fingerprint density at radius 3 is 2.58 bits per heavy atom. The molecule has 10 nitrogen and oxygen atoms in total. The van der Waals surface area contributed by atoms with Crippen molar-refractivity contribution in [2.45, 2.75) is 20.4 Å². The van der Waals surface area contributed by atoms with Crippen LogP contribution in [0.4, 0.5) is 11.8 Å². The topological polar surface area (TPSA) is 121 Å². The Hall–Kier alpha value is -4.34. The summed E-state index contributed by atoms with van der Waals surface area (Å²) < 4.78 is 2.76. The van der Waals surface area contributed by atoms with E-state index in [9.17, 15) is 14.9 Å². The second kappa shape index (κ2) is 8.19. The van der Waals surface area contributed by atoms with E-state index >= 15 is 0 Å². The van der Waals surface area contributed by atoms with E-state index in [4.69, 9.17) is 5.10 Å². The average molecular weight is 417 g/mol. The van der Waals surface area contributed by atoms with Gasteiger partial charge in [-0.2, -0.15) is 9.78 Å². The third-order valence-corrected chi connectivity index (χ3v) is 4.64. The summed E-state index contributed by atoms with van der Waals surface area (Å²) in [5, 5.41) is 21.9. The van der Waals surface area contributed by atoms with Crippen LogP contribution in [0.5, 0.6) is 0 Å². The Morgan fingerprint density at radius 2 is 1.87 bits per heavy atom. The number of nitrogens with one attached hydrogen (secondary N) is 1. The first-order chi connectivity index (χ1) is 14.9. The highest BCUT2D eigenvalue weighted by Gasteiger charge is 2.18. The Kier molecular flexibility index (Phi) is 5.27. The van der Waals surface area contributed by atoms with Crippen LogP contribution in [0.1, 0.15) is 11.1 Å². The predicted molar refractivity (Wildman–Crippen MR) is 114 cm³/mol. The maximum Gasteiger partial charge on any atom is 0.490 e. The van der Waals surface area contributed by atoms with E-state index in [1.165, 1.54) is 0 Å². The third-order valence-electron chi connectivity index (χ3n) is 4.64. The fourth-order valence-corrected chi connectivity index (χ4v) is 3.15. The molecule has 1 N–H and O–H groups in total. The van der Waals surface area contributed by atoms with E-state index in [0.717, 1.165) is 39.1 Å². The van der Waals surface area contributed by atoms with Gasteiger partial charge in [0.1, 0.15) is 12.4 Å². The van der Waals surface area contributed by atoms with Gasteiger partial charge in [-0.05, 0) is 42.5 Å². The lowest BCUT2D eigenvalue weighted by molar-refractivity contribution is -0.394. The summed E-state index contributed by atoms with van der Waals surface area (Å²) in [4.78, 5) is 26.2. The summed E-state index contributed by atoms with van der Waals surface area (Å²) in [7, 11) is 0. The number of aryl methyl sites for hydroxylation is 2. The van der Waals surface area contributed by atoms with E-state index in [0.29, 0.717) is 5.82 Å². The molecule has 0 bridgehead atoms. The van der Waals surface area contributed by atoms with Gasteiger partial charge in [0.2, 0.25) is 12.2 Å². The van der Waals surface area contributed by atoms with Gasteiger partial charge in [-0.25, -0.2) is 4.68 Å². The van der Waals surface area contributed by atoms with E-state index in [2.05, 4.69) is 15.4 Å². The molecule has 0 saturated heterocycles. The van der Waals surface area contributed by atoms with Crippen LogP contribution in [-0.2, 0) is 11.3 Å². The molecule has 156 valence electrons. The predicted octanol–water partition coefficient (Wildman–Crippen LogP) is 3.29. The minimum atomic E-state index is -0.713. The molecule has 4 aromatic rings. The molecule has 0 spiro atoms. The van der Waals surface area contributed by atoms with E-state index in [-0.39, 0.29) is 6.54 Å². The molecule has 2 aromatic carbocycles. The number of hydrogen-bond acceptors (Lipinski definition) is 6. The Morgan fingerprint density at radius 1 is 1.10 bits per heavy atom. The second-order valence-corrected chi connectivity index (χ2v) is 7.03. The highest BCUT2D eigenvalue weighted by molar-refractivity contribution is 5.90. The molecule has 10 heteroatoms. The van der Waals surface area contributed by atoms with Crippen LogP contribution in [0.2, 0.25) is 0 Å². The van der Waals surface area contributed by atoms with Gasteiger partial charge in [-0.15, -0.1) is 0 Å². The van der Waals surface area contributed by atoms with Crippen molar-refractivity contribution in [3.8, 4) is 16.9 Å². The van der Waals surface area contributed by atoms with Crippen LogP contribution >= 0.6 is 0 Å². The first kappa shape index (κ1) is 20.0. The first-order valence-corrected chi connectivity index (χ1v) is 9.47. The molecular formula is C21H19N7O3. The third kappa shape index (κ3) is 4.32. The number of benzene rings is 2. The lowest BCUT2D eigenvalue weighted by Gasteiger charge is -2.08. The number of nitro groups is 1. The van der Waals surface area contributed by atoms with Gasteiger partial charge in [0.15, 0.2) is 0 Å². The molecule has 0 aliphatic heterocycles. The molecule has 2 heterocycles. The summed E-state index contributed by atoms with van der Waals surface area (Å²) in [5.74, 6) is -0.495. The number of aromatic nitrogens is 5. The van der Waals surface area contributed by atoms with Crippen LogP contribution in [0.25, 0.3) is 16.9 Å². The zero-order valence-corrected chi connectivity index (χ0v) is 16.9. The Labute approximate surface area is 177 Å². The number of rotatable bonds is 6. The first-order valence-electron chi connectivity index (χ1n) is 9.47. The zero-order chi connectivity index (χ0) is 22.0. The highest BCUT2D eigenvalue weighted by atomic mass is 16.6. The molecule has 0 saturated carbocycles. The van der Waals surface area contributed by atoms with Gasteiger partial charge >= 0.3 is 5.95 Å². The summed E-state index contributed by atoms with van der Waals surface area (Å²) in [6, 6.07) is 17.4. The van der Waals surface area contributed by atoms with E-state index in [1.807, 2.05) is 62.4 Å². The fourth-order valence-electron chi connectivity index (χ4n) is 3.15. The van der Waals surface area contributed by atoms with Crippen molar-refractivity contribution in [3.63, 3.8) is 0 Å². The molecular weight excluding hydrogens is 398 g/mol. The van der Waals surface area contributed by atoms with E-state index in [1.54, 1.807) is 10.7 Å². The van der Waals surface area contributed by atoms with Gasteiger partial charge in [-0.1, -0.05) is 40.9 Å². The van der Waals surface area contributed by atoms with Crippen molar-refractivity contribution in [1.29, 1.82) is 0 Å². The van der Waals surface area contributed by atoms with E-state index < -0.39 is 16.8 Å². The number of anilines is 1. The monoisotopic (exact) mass is 417 g/mol. The Balaban J connectivity index is 1.66. The number of nitrogens with zero attached hydrogens (tertiary/aromatic N) is 6. The van der Waals surface area contributed by atoms with Crippen molar-refractivity contribution in [3.05, 3.63) is 82.2 Å². The van der Waals surface area contributed by atoms with Gasteiger partial charge in [0.25, 0.3) is 0 Å². The number of carbonyl (C=O) groups excluding carboxylic acids is 1. The number of para-hydroxylation sites is 1. The molecule has 0 unspecified atom stereocenters. The molecule has 0 atom stereocenters. The van der Waals surface area contributed by atoms with Crippen molar-refractivity contribution < 1.29 is 9.72 Å². The van der Waals surface area contributed by atoms with Crippen LogP contribution in [0.15, 0.2) is 60.9 Å². The molecule has 2 aromatic heterocycles. The molecule has 0 radical (unpaired) electrons. The molecule has 1 amide bonds. The smallest absolute Gasteiger partial charge is 0.390 e. The number of carbonyl (C=O) groups is 1. The molecule has 0 fully saturated rings. The standard InChI is InChI=1S/C21H19N7O3/c1-14-8-9-15(2)17(10-14)18-11-19(27(24-18)16-6-4-3-5-7-16)23-20(29)12-26-13-22-21(25-26)28(30)31/h3-11,13H,12H2,1-2H3,(H,23,29). The number of amides is 1. The average Bonchev–Trinajstić information content (AvgIpc) is 3.38. The van der Waals surface area contributed by atoms with Crippen molar-refractivity contribution in [2.24, 2.45) is 0 Å². The quantitative estimate of drug-likeness (QED) is 0.380. The molecule has 4 rings (SSSR count). The van der Waals surface area contributed by atoms with Gasteiger partial charge < -0.3 is 15.4 Å². The minimum Gasteiger partial charge on any atom is -0.390 e. The fraction of sp³-hybridized carbons (Fsp3) is 0.143. The molecule has 0 aliphatic rings. The lowest BCUT2D eigenvalue weighted by Crippen LogP contribution is -2.21. The number of hydrogen-bond donors (Lipinski definition) is 1. The van der Waals surface area contributed by atoms with Crippen molar-refractivity contribution in [1.82, 2.24) is 24.5 Å². The van der Waals surface area contributed by atoms with Crippen molar-refractivity contribution in [2.75, 3.05) is 5.32 Å². The van der Waals surface area contributed by atoms with Gasteiger partial charge in [0, 0.05) is 16.7 Å². The SMILES string of the molecule is Cc1ccc(C)c(-c2cc(NC(=O)Cn3cnc([N+](=O)[O-])n3)n(-c3ccccc3)n2)c1. The second-order valence-electron chi connectivity index (χ2n) is 7.03. The molecule has 31 heavy (non-hydrogen) atoms. The maximum atomic E-state index is 12.6. The normalized spacial score (nSPS) is 10.8. The van der Waals surface area contributed by atoms with Crippen LogP contribution < -0.4 is 5.32 Å². The van der Waals surface area contributed by atoms with Crippen LogP contribution in [-0.4, -0.2) is 35.4 Å².